The van der Waals surface area contributed by atoms with Gasteiger partial charge in [0.1, 0.15) is 6.10 Å². The summed E-state index contributed by atoms with van der Waals surface area (Å²) in [7, 11) is 0. The van der Waals surface area contributed by atoms with E-state index in [2.05, 4.69) is 11.1 Å². The molecule has 98 valence electrons. The van der Waals surface area contributed by atoms with Crippen LogP contribution < -0.4 is 0 Å². The average Bonchev–Trinajstić information content (AvgIpc) is 2.81. The maximum absolute atomic E-state index is 9.66. The Morgan fingerprint density at radius 2 is 1.94 bits per heavy atom. The lowest BCUT2D eigenvalue weighted by molar-refractivity contribution is 0.0592. The number of nitrogens with zero attached hydrogens (tertiary/aromatic N) is 2. The van der Waals surface area contributed by atoms with Gasteiger partial charge < -0.3 is 9.84 Å². The molecule has 0 saturated heterocycles. The van der Waals surface area contributed by atoms with Crippen molar-refractivity contribution in [2.24, 2.45) is 16.8 Å². The van der Waals surface area contributed by atoms with Crippen molar-refractivity contribution in [1.29, 1.82) is 5.26 Å². The molecule has 2 saturated carbocycles. The second-order valence-electron chi connectivity index (χ2n) is 5.84. The van der Waals surface area contributed by atoms with Gasteiger partial charge in [0.25, 0.3) is 0 Å². The van der Waals surface area contributed by atoms with E-state index < -0.39 is 0 Å². The molecule has 3 atom stereocenters. The fraction of sp³-hybridized carbons (Fsp3) is 0.857. The van der Waals surface area contributed by atoms with E-state index in [9.17, 15) is 5.11 Å². The van der Waals surface area contributed by atoms with Crippen LogP contribution in [0.4, 0.5) is 0 Å². The third-order valence-electron chi connectivity index (χ3n) is 4.55. The molecule has 3 unspecified atom stereocenters. The van der Waals surface area contributed by atoms with Gasteiger partial charge in [0.15, 0.2) is 5.90 Å². The molecular formula is C14H20N2O2. The molecule has 0 radical (unpaired) electrons. The molecule has 1 heterocycles. The molecule has 1 aliphatic heterocycles. The Balaban J connectivity index is 1.61. The number of aliphatic imine (C=N–C) groups is 1. The summed E-state index contributed by atoms with van der Waals surface area (Å²) in [6, 6.07) is 2.54. The Labute approximate surface area is 108 Å². The topological polar surface area (TPSA) is 65.6 Å². The minimum atomic E-state index is -0.202. The molecular weight excluding hydrogens is 228 g/mol. The third kappa shape index (κ3) is 2.24. The highest BCUT2D eigenvalue weighted by Gasteiger charge is 2.39. The van der Waals surface area contributed by atoms with Crippen LogP contribution in [0.25, 0.3) is 0 Å². The second-order valence-corrected chi connectivity index (χ2v) is 5.84. The van der Waals surface area contributed by atoms with Gasteiger partial charge in [-0.05, 0) is 44.9 Å². The van der Waals surface area contributed by atoms with Gasteiger partial charge in [-0.1, -0.05) is 0 Å². The van der Waals surface area contributed by atoms with E-state index in [0.29, 0.717) is 5.92 Å². The van der Waals surface area contributed by atoms with Gasteiger partial charge in [-0.3, -0.25) is 0 Å². The van der Waals surface area contributed by atoms with Gasteiger partial charge >= 0.3 is 0 Å². The maximum atomic E-state index is 9.66. The Morgan fingerprint density at radius 3 is 2.67 bits per heavy atom. The van der Waals surface area contributed by atoms with E-state index in [4.69, 9.17) is 10.00 Å². The predicted molar refractivity (Wildman–Crippen MR) is 67.0 cm³/mol. The van der Waals surface area contributed by atoms with Crippen LogP contribution in [0, 0.1) is 23.2 Å². The second kappa shape index (κ2) is 4.89. The molecule has 3 rings (SSSR count). The summed E-state index contributed by atoms with van der Waals surface area (Å²) >= 11 is 0. The van der Waals surface area contributed by atoms with Gasteiger partial charge in [0.05, 0.1) is 18.2 Å². The van der Waals surface area contributed by atoms with Crippen molar-refractivity contribution in [1.82, 2.24) is 0 Å². The SMILES string of the molecule is N#CC1CCC(C2=NC3CC(O)CCC3O2)CC1. The fourth-order valence-electron chi connectivity index (χ4n) is 3.39. The van der Waals surface area contributed by atoms with Crippen LogP contribution in [0.3, 0.4) is 0 Å². The minimum Gasteiger partial charge on any atom is -0.475 e. The zero-order chi connectivity index (χ0) is 12.5. The first-order valence-electron chi connectivity index (χ1n) is 7.08. The zero-order valence-electron chi connectivity index (χ0n) is 10.6. The van der Waals surface area contributed by atoms with Crippen LogP contribution in [0.5, 0.6) is 0 Å². The molecule has 0 aromatic rings. The Bertz CT molecular complexity index is 380. The lowest BCUT2D eigenvalue weighted by Crippen LogP contribution is -2.33. The summed E-state index contributed by atoms with van der Waals surface area (Å²) in [5.41, 5.74) is 0. The van der Waals surface area contributed by atoms with Gasteiger partial charge in [0.2, 0.25) is 0 Å². The molecule has 0 spiro atoms. The molecule has 0 aromatic carbocycles. The molecule has 0 bridgehead atoms. The number of nitriles is 1. The molecule has 4 heteroatoms. The van der Waals surface area contributed by atoms with Crippen molar-refractivity contribution in [3.63, 3.8) is 0 Å². The van der Waals surface area contributed by atoms with Gasteiger partial charge in [-0.15, -0.1) is 0 Å². The lowest BCUT2D eigenvalue weighted by Gasteiger charge is -2.27. The molecule has 3 aliphatic rings. The van der Waals surface area contributed by atoms with Crippen LogP contribution in [0.2, 0.25) is 0 Å². The molecule has 0 aromatic heterocycles. The first-order valence-corrected chi connectivity index (χ1v) is 7.08. The van der Waals surface area contributed by atoms with Crippen LogP contribution in [0.1, 0.15) is 44.9 Å². The third-order valence-corrected chi connectivity index (χ3v) is 4.55. The number of hydrogen-bond acceptors (Lipinski definition) is 4. The smallest absolute Gasteiger partial charge is 0.187 e. The molecule has 18 heavy (non-hydrogen) atoms. The normalized spacial score (nSPS) is 43.6. The standard InChI is InChI=1S/C14H20N2O2/c15-8-9-1-3-10(4-2-9)14-16-12-7-11(17)5-6-13(12)18-14/h9-13,17H,1-7H2. The summed E-state index contributed by atoms with van der Waals surface area (Å²) in [5.74, 6) is 1.56. The van der Waals surface area contributed by atoms with Crippen molar-refractivity contribution < 1.29 is 9.84 Å². The van der Waals surface area contributed by atoms with E-state index in [1.54, 1.807) is 0 Å². The highest BCUT2D eigenvalue weighted by molar-refractivity contribution is 5.80. The Morgan fingerprint density at radius 1 is 1.17 bits per heavy atom. The number of rotatable bonds is 1. The van der Waals surface area contributed by atoms with Crippen molar-refractivity contribution >= 4 is 5.90 Å². The van der Waals surface area contributed by atoms with E-state index in [0.717, 1.165) is 50.8 Å². The van der Waals surface area contributed by atoms with Crippen LogP contribution in [-0.2, 0) is 4.74 Å². The monoisotopic (exact) mass is 248 g/mol. The molecule has 0 amide bonds. The summed E-state index contributed by atoms with van der Waals surface area (Å²) in [6.07, 6.45) is 6.52. The van der Waals surface area contributed by atoms with Crippen molar-refractivity contribution in [2.45, 2.75) is 63.2 Å². The van der Waals surface area contributed by atoms with Gasteiger partial charge in [-0.2, -0.15) is 5.26 Å². The van der Waals surface area contributed by atoms with Gasteiger partial charge in [0, 0.05) is 11.8 Å². The van der Waals surface area contributed by atoms with Crippen molar-refractivity contribution in [2.75, 3.05) is 0 Å². The van der Waals surface area contributed by atoms with Crippen molar-refractivity contribution in [3.05, 3.63) is 0 Å². The number of aliphatic hydroxyl groups is 1. The summed E-state index contributed by atoms with van der Waals surface area (Å²) < 4.78 is 5.98. The highest BCUT2D eigenvalue weighted by atomic mass is 16.5. The van der Waals surface area contributed by atoms with E-state index in [1.807, 2.05) is 0 Å². The zero-order valence-corrected chi connectivity index (χ0v) is 10.6. The maximum Gasteiger partial charge on any atom is 0.187 e. The molecule has 2 aliphatic carbocycles. The van der Waals surface area contributed by atoms with E-state index >= 15 is 0 Å². The number of ether oxygens (including phenoxy) is 1. The van der Waals surface area contributed by atoms with Crippen LogP contribution in [-0.4, -0.2) is 29.3 Å². The van der Waals surface area contributed by atoms with E-state index in [1.165, 1.54) is 0 Å². The first-order chi connectivity index (χ1) is 8.76. The molecule has 4 nitrogen and oxygen atoms in total. The Kier molecular flexibility index (Phi) is 3.25. The summed E-state index contributed by atoms with van der Waals surface area (Å²) in [6.45, 7) is 0. The van der Waals surface area contributed by atoms with Crippen molar-refractivity contribution in [3.8, 4) is 6.07 Å². The number of hydrogen-bond donors (Lipinski definition) is 1. The summed E-state index contributed by atoms with van der Waals surface area (Å²) in [5, 5.41) is 18.6. The number of fused-ring (bicyclic) bond motifs is 1. The minimum absolute atomic E-state index is 0.178. The van der Waals surface area contributed by atoms with Crippen LogP contribution >= 0.6 is 0 Å². The lowest BCUT2D eigenvalue weighted by atomic mass is 9.82. The van der Waals surface area contributed by atoms with Gasteiger partial charge in [-0.25, -0.2) is 4.99 Å². The molecule has 2 fully saturated rings. The van der Waals surface area contributed by atoms with E-state index in [-0.39, 0.29) is 24.2 Å². The molecule has 1 N–H and O–H groups in total. The number of aliphatic hydroxyl groups excluding tert-OH is 1. The fourth-order valence-corrected chi connectivity index (χ4v) is 3.39. The first kappa shape index (κ1) is 12.0. The Hall–Kier alpha value is -1.08. The summed E-state index contributed by atoms with van der Waals surface area (Å²) in [4.78, 5) is 4.69. The predicted octanol–water partition coefficient (Wildman–Crippen LogP) is 2.03. The quantitative estimate of drug-likeness (QED) is 0.772. The largest absolute Gasteiger partial charge is 0.475 e. The van der Waals surface area contributed by atoms with Crippen LogP contribution in [0.15, 0.2) is 4.99 Å². The average molecular weight is 248 g/mol. The highest BCUT2D eigenvalue weighted by Crippen LogP contribution is 2.35.